The van der Waals surface area contributed by atoms with E-state index in [4.69, 9.17) is 29.2 Å². The van der Waals surface area contributed by atoms with E-state index in [1.807, 2.05) is 6.92 Å². The van der Waals surface area contributed by atoms with Gasteiger partial charge in [0.1, 0.15) is 12.7 Å². The molecule has 0 aromatic rings. The van der Waals surface area contributed by atoms with Gasteiger partial charge < -0.3 is 29.2 Å². The molecule has 2 aliphatic carbocycles. The van der Waals surface area contributed by atoms with E-state index in [9.17, 15) is 19.2 Å². The van der Waals surface area contributed by atoms with Crippen molar-refractivity contribution < 1.29 is 48.3 Å². The maximum absolute atomic E-state index is 12.4. The maximum Gasteiger partial charge on any atom is 0.516 e. The summed E-state index contributed by atoms with van der Waals surface area (Å²) in [7, 11) is 0. The summed E-state index contributed by atoms with van der Waals surface area (Å²) in [6.07, 6.45) is 4.11. The van der Waals surface area contributed by atoms with Gasteiger partial charge in [-0.1, -0.05) is 19.2 Å². The molecule has 10 nitrogen and oxygen atoms in total. The molecule has 0 aromatic heterocycles. The summed E-state index contributed by atoms with van der Waals surface area (Å²) in [6.45, 7) is 12.5. The fourth-order valence-electron chi connectivity index (χ4n) is 4.16. The van der Waals surface area contributed by atoms with Crippen molar-refractivity contribution in [2.75, 3.05) is 26.4 Å². The van der Waals surface area contributed by atoms with Crippen molar-refractivity contribution in [2.24, 2.45) is 17.8 Å². The van der Waals surface area contributed by atoms with Crippen LogP contribution in [0.15, 0.2) is 36.0 Å². The number of carbonyl (C=O) groups is 4. The number of carboxylic acids is 1. The van der Waals surface area contributed by atoms with Gasteiger partial charge in [0.25, 0.3) is 0 Å². The van der Waals surface area contributed by atoms with Gasteiger partial charge in [0.05, 0.1) is 6.61 Å². The first-order valence-corrected chi connectivity index (χ1v) is 12.0. The maximum atomic E-state index is 12.4. The number of hydrogen-bond donors (Lipinski definition) is 2. The minimum atomic E-state index is -1.07. The zero-order valence-corrected chi connectivity index (χ0v) is 21.3. The molecular formula is C26H38O10. The molecule has 202 valence electrons. The Bertz CT molecular complexity index is 832. The Balaban J connectivity index is 0.000000960. The van der Waals surface area contributed by atoms with Crippen LogP contribution in [0.4, 0.5) is 4.79 Å². The monoisotopic (exact) mass is 510 g/mol. The lowest BCUT2D eigenvalue weighted by molar-refractivity contribution is -0.148. The van der Waals surface area contributed by atoms with Crippen LogP contribution < -0.4 is 0 Å². The molecule has 2 N–H and O–H groups in total. The lowest BCUT2D eigenvalue weighted by Crippen LogP contribution is -2.32. The van der Waals surface area contributed by atoms with Crippen molar-refractivity contribution in [1.29, 1.82) is 0 Å². The van der Waals surface area contributed by atoms with Crippen LogP contribution in [-0.2, 0) is 33.3 Å². The lowest BCUT2D eigenvalue weighted by atomic mass is 9.85. The normalized spacial score (nSPS) is 22.2. The minimum absolute atomic E-state index is 0.00723. The molecule has 2 aliphatic rings. The Kier molecular flexibility index (Phi) is 13.7. The number of aliphatic hydroxyl groups excluding tert-OH is 1. The highest BCUT2D eigenvalue weighted by Crippen LogP contribution is 2.51. The smallest absolute Gasteiger partial charge is 0.478 e. The first-order chi connectivity index (χ1) is 17.0. The summed E-state index contributed by atoms with van der Waals surface area (Å²) >= 11 is 0. The molecule has 36 heavy (non-hydrogen) atoms. The Morgan fingerprint density at radius 2 is 1.67 bits per heavy atom. The van der Waals surface area contributed by atoms with E-state index in [2.05, 4.69) is 13.2 Å². The fraction of sp³-hybridized carbons (Fsp3) is 0.615. The van der Waals surface area contributed by atoms with Gasteiger partial charge in [-0.3, -0.25) is 0 Å². The van der Waals surface area contributed by atoms with Crippen LogP contribution in [0.25, 0.3) is 0 Å². The van der Waals surface area contributed by atoms with Gasteiger partial charge in [-0.15, -0.1) is 0 Å². The van der Waals surface area contributed by atoms with Crippen molar-refractivity contribution >= 4 is 24.1 Å². The third-order valence-corrected chi connectivity index (χ3v) is 6.03. The molecule has 4 atom stereocenters. The molecule has 2 rings (SSSR count). The van der Waals surface area contributed by atoms with Crippen molar-refractivity contribution in [1.82, 2.24) is 0 Å². The number of carboxylic acid groups (broad SMARTS) is 1. The summed E-state index contributed by atoms with van der Waals surface area (Å²) < 4.78 is 20.3. The zero-order chi connectivity index (χ0) is 27.3. The molecule has 4 unspecified atom stereocenters. The molecule has 0 aromatic carbocycles. The molecule has 0 saturated heterocycles. The number of aliphatic hydroxyl groups is 1. The number of carbonyl (C=O) groups excluding carboxylic acids is 3. The van der Waals surface area contributed by atoms with Crippen LogP contribution in [-0.4, -0.2) is 66.8 Å². The van der Waals surface area contributed by atoms with Gasteiger partial charge in [0.2, 0.25) is 0 Å². The van der Waals surface area contributed by atoms with Crippen LogP contribution in [0.2, 0.25) is 0 Å². The van der Waals surface area contributed by atoms with E-state index in [-0.39, 0.29) is 48.9 Å². The third-order valence-electron chi connectivity index (χ3n) is 6.03. The molecule has 0 aliphatic heterocycles. The SMILES string of the molecule is C=C(C)C(=O)O.C=C(CCCO)C(=O)OC1C2CCC(C2)C1C=C(C)C(=O)OC(=O)OCCOCC. The Hall–Kier alpha value is -2.98. The fourth-order valence-corrected chi connectivity index (χ4v) is 4.16. The van der Waals surface area contributed by atoms with Crippen molar-refractivity contribution in [3.63, 3.8) is 0 Å². The Labute approximate surface area is 211 Å². The first kappa shape index (κ1) is 31.1. The summed E-state index contributed by atoms with van der Waals surface area (Å²) in [4.78, 5) is 45.8. The van der Waals surface area contributed by atoms with E-state index in [0.29, 0.717) is 30.9 Å². The van der Waals surface area contributed by atoms with Gasteiger partial charge in [0.15, 0.2) is 0 Å². The molecule has 2 saturated carbocycles. The molecule has 10 heteroatoms. The van der Waals surface area contributed by atoms with Gasteiger partial charge in [-0.05, 0) is 64.7 Å². The van der Waals surface area contributed by atoms with Crippen molar-refractivity contribution in [2.45, 2.75) is 59.0 Å². The number of rotatable bonds is 12. The zero-order valence-electron chi connectivity index (χ0n) is 21.3. The van der Waals surface area contributed by atoms with Crippen molar-refractivity contribution in [3.05, 3.63) is 36.0 Å². The Morgan fingerprint density at radius 1 is 1.03 bits per heavy atom. The average Bonchev–Trinajstić information content (AvgIpc) is 3.43. The highest BCUT2D eigenvalue weighted by atomic mass is 16.7. The van der Waals surface area contributed by atoms with Crippen LogP contribution >= 0.6 is 0 Å². The molecular weight excluding hydrogens is 472 g/mol. The van der Waals surface area contributed by atoms with Crippen LogP contribution in [0.5, 0.6) is 0 Å². The second-order valence-electron chi connectivity index (χ2n) is 8.83. The lowest BCUT2D eigenvalue weighted by Gasteiger charge is -2.29. The number of aliphatic carboxylic acids is 1. The van der Waals surface area contributed by atoms with Crippen LogP contribution in [0.3, 0.4) is 0 Å². The number of ether oxygens (including phenoxy) is 4. The van der Waals surface area contributed by atoms with Crippen molar-refractivity contribution in [3.8, 4) is 0 Å². The van der Waals surface area contributed by atoms with Gasteiger partial charge in [0, 0.05) is 35.9 Å². The Morgan fingerprint density at radius 3 is 2.25 bits per heavy atom. The van der Waals surface area contributed by atoms with E-state index in [0.717, 1.165) is 19.3 Å². The predicted molar refractivity (Wildman–Crippen MR) is 130 cm³/mol. The van der Waals surface area contributed by atoms with E-state index in [1.165, 1.54) is 6.92 Å². The van der Waals surface area contributed by atoms with Crippen LogP contribution in [0.1, 0.15) is 52.9 Å². The summed E-state index contributed by atoms with van der Waals surface area (Å²) in [5, 5.41) is 16.8. The topological polar surface area (TPSA) is 146 Å². The minimum Gasteiger partial charge on any atom is -0.478 e. The third kappa shape index (κ3) is 10.3. The number of fused-ring (bicyclic) bond motifs is 2. The summed E-state index contributed by atoms with van der Waals surface area (Å²) in [6, 6.07) is 0. The second kappa shape index (κ2) is 15.9. The summed E-state index contributed by atoms with van der Waals surface area (Å²) in [5.74, 6) is -1.72. The van der Waals surface area contributed by atoms with Gasteiger partial charge in [-0.25, -0.2) is 19.2 Å². The quantitative estimate of drug-likeness (QED) is 0.173. The number of esters is 2. The standard InChI is InChI=1S/C22H32O8.C4H6O2/c1-4-27-10-11-28-22(26)30-21(25)15(3)12-18-16-7-8-17(13-16)19(18)29-20(24)14(2)6-5-9-23;1-3(2)4(5)6/h12,16-19,23H,2,4-11,13H2,1,3H3;1H2,2H3,(H,5,6). The highest BCUT2D eigenvalue weighted by Gasteiger charge is 2.49. The molecule has 0 amide bonds. The van der Waals surface area contributed by atoms with E-state index < -0.39 is 24.1 Å². The molecule has 0 spiro atoms. The summed E-state index contributed by atoms with van der Waals surface area (Å²) in [5.41, 5.74) is 0.782. The molecule has 2 bridgehead atoms. The number of hydrogen-bond acceptors (Lipinski definition) is 9. The van der Waals surface area contributed by atoms with Crippen LogP contribution in [0, 0.1) is 17.8 Å². The molecule has 0 radical (unpaired) electrons. The van der Waals surface area contributed by atoms with E-state index in [1.54, 1.807) is 13.0 Å². The van der Waals surface area contributed by atoms with E-state index >= 15 is 0 Å². The molecule has 2 fully saturated rings. The van der Waals surface area contributed by atoms with Gasteiger partial charge >= 0.3 is 24.1 Å². The predicted octanol–water partition coefficient (Wildman–Crippen LogP) is 3.58. The van der Waals surface area contributed by atoms with Gasteiger partial charge in [-0.2, -0.15) is 0 Å². The largest absolute Gasteiger partial charge is 0.516 e. The average molecular weight is 511 g/mol. The highest BCUT2D eigenvalue weighted by molar-refractivity contribution is 5.94. The first-order valence-electron chi connectivity index (χ1n) is 12.0. The molecule has 0 heterocycles. The second-order valence-corrected chi connectivity index (χ2v) is 8.83.